The number of fused-ring (bicyclic) bond motifs is 2. The Bertz CT molecular complexity index is 1080. The summed E-state index contributed by atoms with van der Waals surface area (Å²) in [5, 5.41) is 10.7. The summed E-state index contributed by atoms with van der Waals surface area (Å²) in [6.45, 7) is 3.71. The van der Waals surface area contributed by atoms with E-state index in [1.807, 2.05) is 18.2 Å². The highest BCUT2D eigenvalue weighted by Crippen LogP contribution is 2.38. The Kier molecular flexibility index (Phi) is 3.76. The maximum Gasteiger partial charge on any atom is 0.231 e. The topological polar surface area (TPSA) is 78.1 Å². The summed E-state index contributed by atoms with van der Waals surface area (Å²) in [5.41, 5.74) is 2.63. The standard InChI is InChI=1S/C20H18O6/c1-10-17(21)16-18(22)13(8-24-20(16)11(2)19(10)23-3)6-12-4-5-14-15(7-12)26-9-25-14/h4-5,7-8,21H,6,9H2,1-3H3. The molecule has 2 heterocycles. The highest BCUT2D eigenvalue weighted by molar-refractivity contribution is 5.90. The molecule has 1 aromatic heterocycles. The highest BCUT2D eigenvalue weighted by Gasteiger charge is 2.21. The molecule has 1 aliphatic heterocycles. The molecule has 0 saturated carbocycles. The van der Waals surface area contributed by atoms with Gasteiger partial charge in [-0.05, 0) is 31.5 Å². The van der Waals surface area contributed by atoms with Crippen molar-refractivity contribution in [2.75, 3.05) is 13.9 Å². The first-order valence-corrected chi connectivity index (χ1v) is 8.20. The Labute approximate surface area is 149 Å². The summed E-state index contributed by atoms with van der Waals surface area (Å²) in [6, 6.07) is 5.54. The van der Waals surface area contributed by atoms with E-state index >= 15 is 0 Å². The van der Waals surface area contributed by atoms with Crippen LogP contribution in [0.1, 0.15) is 22.3 Å². The van der Waals surface area contributed by atoms with E-state index in [4.69, 9.17) is 18.6 Å². The molecule has 0 aliphatic carbocycles. The molecule has 3 aromatic rings. The molecule has 2 aromatic carbocycles. The van der Waals surface area contributed by atoms with E-state index < -0.39 is 0 Å². The van der Waals surface area contributed by atoms with E-state index in [1.54, 1.807) is 13.8 Å². The van der Waals surface area contributed by atoms with E-state index in [9.17, 15) is 9.90 Å². The fourth-order valence-electron chi connectivity index (χ4n) is 3.38. The molecular weight excluding hydrogens is 336 g/mol. The lowest BCUT2D eigenvalue weighted by Crippen LogP contribution is -2.11. The Morgan fingerprint density at radius 1 is 1.15 bits per heavy atom. The fraction of sp³-hybridized carbons (Fsp3) is 0.250. The summed E-state index contributed by atoms with van der Waals surface area (Å²) < 4.78 is 21.7. The smallest absolute Gasteiger partial charge is 0.231 e. The molecule has 0 unspecified atom stereocenters. The van der Waals surface area contributed by atoms with Crippen molar-refractivity contribution in [1.29, 1.82) is 0 Å². The van der Waals surface area contributed by atoms with E-state index in [2.05, 4.69) is 0 Å². The number of aryl methyl sites for hydroxylation is 1. The summed E-state index contributed by atoms with van der Waals surface area (Å²) in [6.07, 6.45) is 1.80. The minimum atomic E-state index is -0.254. The van der Waals surface area contributed by atoms with Crippen molar-refractivity contribution < 1.29 is 23.7 Å². The largest absolute Gasteiger partial charge is 0.507 e. The van der Waals surface area contributed by atoms with Gasteiger partial charge in [-0.25, -0.2) is 0 Å². The van der Waals surface area contributed by atoms with Crippen molar-refractivity contribution in [3.63, 3.8) is 0 Å². The summed E-state index contributed by atoms with van der Waals surface area (Å²) in [5.74, 6) is 1.76. The lowest BCUT2D eigenvalue weighted by atomic mass is 10.0. The lowest BCUT2D eigenvalue weighted by Gasteiger charge is -2.13. The summed E-state index contributed by atoms with van der Waals surface area (Å²) in [7, 11) is 1.52. The molecule has 0 atom stereocenters. The lowest BCUT2D eigenvalue weighted by molar-refractivity contribution is 0.174. The van der Waals surface area contributed by atoms with Crippen molar-refractivity contribution in [3.05, 3.63) is 56.9 Å². The van der Waals surface area contributed by atoms with Crippen LogP contribution in [0.4, 0.5) is 0 Å². The van der Waals surface area contributed by atoms with Crippen LogP contribution in [0.25, 0.3) is 11.0 Å². The maximum atomic E-state index is 13.0. The zero-order valence-corrected chi connectivity index (χ0v) is 14.7. The van der Waals surface area contributed by atoms with Crippen molar-refractivity contribution in [2.24, 2.45) is 0 Å². The Hall–Kier alpha value is -3.15. The van der Waals surface area contributed by atoms with Crippen molar-refractivity contribution in [1.82, 2.24) is 0 Å². The van der Waals surface area contributed by atoms with Crippen LogP contribution in [-0.2, 0) is 6.42 Å². The van der Waals surface area contributed by atoms with Crippen LogP contribution >= 0.6 is 0 Å². The second-order valence-electron chi connectivity index (χ2n) is 6.29. The minimum absolute atomic E-state index is 0.108. The first-order valence-electron chi connectivity index (χ1n) is 8.20. The Morgan fingerprint density at radius 3 is 2.69 bits per heavy atom. The molecule has 0 bridgehead atoms. The second-order valence-corrected chi connectivity index (χ2v) is 6.29. The third kappa shape index (κ3) is 2.37. The number of aromatic hydroxyl groups is 1. The van der Waals surface area contributed by atoms with Crippen LogP contribution in [0.2, 0.25) is 0 Å². The minimum Gasteiger partial charge on any atom is -0.507 e. The Balaban J connectivity index is 1.84. The molecule has 0 fully saturated rings. The summed E-state index contributed by atoms with van der Waals surface area (Å²) in [4.78, 5) is 13.0. The third-order valence-electron chi connectivity index (χ3n) is 4.71. The molecule has 26 heavy (non-hydrogen) atoms. The first-order chi connectivity index (χ1) is 12.5. The van der Waals surface area contributed by atoms with E-state index in [0.717, 1.165) is 5.56 Å². The molecule has 134 valence electrons. The zero-order chi connectivity index (χ0) is 18.4. The molecule has 1 N–H and O–H groups in total. The van der Waals surface area contributed by atoms with Gasteiger partial charge in [0.15, 0.2) is 16.9 Å². The molecule has 0 saturated heterocycles. The molecule has 0 amide bonds. The van der Waals surface area contributed by atoms with Crippen LogP contribution in [-0.4, -0.2) is 19.0 Å². The number of hydrogen-bond donors (Lipinski definition) is 1. The Morgan fingerprint density at radius 2 is 1.92 bits per heavy atom. The van der Waals surface area contributed by atoms with Gasteiger partial charge in [-0.15, -0.1) is 0 Å². The third-order valence-corrected chi connectivity index (χ3v) is 4.71. The molecule has 6 nitrogen and oxygen atoms in total. The number of methoxy groups -OCH3 is 1. The van der Waals surface area contributed by atoms with Gasteiger partial charge in [0.2, 0.25) is 6.79 Å². The van der Waals surface area contributed by atoms with Gasteiger partial charge in [-0.2, -0.15) is 0 Å². The van der Waals surface area contributed by atoms with Crippen LogP contribution in [0.5, 0.6) is 23.0 Å². The predicted octanol–water partition coefficient (Wildman–Crippen LogP) is 3.44. The molecule has 0 radical (unpaired) electrons. The number of phenols is 1. The van der Waals surface area contributed by atoms with Gasteiger partial charge in [-0.1, -0.05) is 6.07 Å². The van der Waals surface area contributed by atoms with Crippen molar-refractivity contribution in [3.8, 4) is 23.0 Å². The molecular formula is C20H18O6. The van der Waals surface area contributed by atoms with Crippen LogP contribution < -0.4 is 19.6 Å². The maximum absolute atomic E-state index is 13.0. The molecule has 1 aliphatic rings. The van der Waals surface area contributed by atoms with Gasteiger partial charge < -0.3 is 23.7 Å². The first kappa shape index (κ1) is 16.3. The average Bonchev–Trinajstić information content (AvgIpc) is 3.10. The normalized spacial score (nSPS) is 12.6. The van der Waals surface area contributed by atoms with Crippen molar-refractivity contribution >= 4 is 11.0 Å². The molecule has 6 heteroatoms. The zero-order valence-electron chi connectivity index (χ0n) is 14.7. The van der Waals surface area contributed by atoms with Crippen molar-refractivity contribution in [2.45, 2.75) is 20.3 Å². The fourth-order valence-corrected chi connectivity index (χ4v) is 3.38. The molecule has 4 rings (SSSR count). The highest BCUT2D eigenvalue weighted by atomic mass is 16.7. The number of phenolic OH excluding ortho intramolecular Hbond substituents is 1. The monoisotopic (exact) mass is 354 g/mol. The van der Waals surface area contributed by atoms with Crippen LogP contribution in [0, 0.1) is 13.8 Å². The van der Waals surface area contributed by atoms with Crippen LogP contribution in [0.3, 0.4) is 0 Å². The van der Waals surface area contributed by atoms with Gasteiger partial charge in [0.25, 0.3) is 0 Å². The number of hydrogen-bond acceptors (Lipinski definition) is 6. The number of benzene rings is 2. The van der Waals surface area contributed by atoms with Gasteiger partial charge >= 0.3 is 0 Å². The van der Waals surface area contributed by atoms with Gasteiger partial charge in [0.1, 0.15) is 22.5 Å². The second kappa shape index (κ2) is 5.98. The van der Waals surface area contributed by atoms with Gasteiger partial charge in [0.05, 0.1) is 13.4 Å². The number of rotatable bonds is 3. The van der Waals surface area contributed by atoms with E-state index in [-0.39, 0.29) is 23.4 Å². The van der Waals surface area contributed by atoms with Gasteiger partial charge in [-0.3, -0.25) is 4.79 Å². The van der Waals surface area contributed by atoms with E-state index in [0.29, 0.717) is 45.9 Å². The van der Waals surface area contributed by atoms with Gasteiger partial charge in [0, 0.05) is 23.1 Å². The predicted molar refractivity (Wildman–Crippen MR) is 95.5 cm³/mol. The summed E-state index contributed by atoms with van der Waals surface area (Å²) >= 11 is 0. The van der Waals surface area contributed by atoms with E-state index in [1.165, 1.54) is 13.4 Å². The average molecular weight is 354 g/mol. The van der Waals surface area contributed by atoms with Crippen LogP contribution in [0.15, 0.2) is 33.7 Å². The quantitative estimate of drug-likeness (QED) is 0.776. The molecule has 0 spiro atoms. The SMILES string of the molecule is COc1c(C)c(O)c2c(=O)c(Cc3ccc4c(c3)OCO4)coc2c1C. The number of ether oxygens (including phenoxy) is 3.